The number of methoxy groups -OCH3 is 1. The second-order valence-corrected chi connectivity index (χ2v) is 6.54. The fourth-order valence-corrected chi connectivity index (χ4v) is 3.79. The molecule has 1 saturated heterocycles. The Hall–Kier alpha value is -2.31. The van der Waals surface area contributed by atoms with Crippen LogP contribution in [0.15, 0.2) is 23.1 Å². The van der Waals surface area contributed by atoms with Crippen LogP contribution in [0.2, 0.25) is 0 Å². The lowest BCUT2D eigenvalue weighted by Crippen LogP contribution is -2.32. The lowest BCUT2D eigenvalue weighted by molar-refractivity contribution is -0.127. The van der Waals surface area contributed by atoms with Crippen molar-refractivity contribution in [2.24, 2.45) is 0 Å². The molecule has 0 aliphatic carbocycles. The quantitative estimate of drug-likeness (QED) is 0.402. The van der Waals surface area contributed by atoms with Crippen LogP contribution in [0.4, 0.5) is 0 Å². The highest BCUT2D eigenvalue weighted by molar-refractivity contribution is 8.04. The van der Waals surface area contributed by atoms with Gasteiger partial charge in [-0.1, -0.05) is 11.8 Å². The zero-order chi connectivity index (χ0) is 18.2. The number of hydrogen-bond donors (Lipinski definition) is 2. The van der Waals surface area contributed by atoms with Crippen molar-refractivity contribution in [3.63, 3.8) is 0 Å². The van der Waals surface area contributed by atoms with Crippen LogP contribution in [-0.4, -0.2) is 58.7 Å². The summed E-state index contributed by atoms with van der Waals surface area (Å²) in [5, 5.41) is 12.2. The number of nitrogens with zero attached hydrogens (tertiary/aromatic N) is 3. The van der Waals surface area contributed by atoms with Gasteiger partial charge >= 0.3 is 0 Å². The van der Waals surface area contributed by atoms with Gasteiger partial charge < -0.3 is 19.9 Å². The van der Waals surface area contributed by atoms with E-state index in [-0.39, 0.29) is 16.7 Å². The number of rotatable bonds is 8. The maximum Gasteiger partial charge on any atom is 0.264 e. The number of nitriles is 1. The number of H-pyrrole nitrogens is 1. The lowest BCUT2D eigenvalue weighted by atomic mass is 10.2. The van der Waals surface area contributed by atoms with Crippen LogP contribution in [-0.2, 0) is 20.7 Å². The van der Waals surface area contributed by atoms with Crippen molar-refractivity contribution in [1.82, 2.24) is 20.2 Å². The maximum absolute atomic E-state index is 12.6. The number of aromatic amines is 1. The van der Waals surface area contributed by atoms with Gasteiger partial charge in [-0.3, -0.25) is 9.59 Å². The molecule has 1 aromatic rings. The Morgan fingerprint density at radius 3 is 3.00 bits per heavy atom. The monoisotopic (exact) mass is 363 g/mol. The van der Waals surface area contributed by atoms with Gasteiger partial charge in [0.1, 0.15) is 16.7 Å². The van der Waals surface area contributed by atoms with Crippen LogP contribution in [0.1, 0.15) is 19.0 Å². The molecule has 1 atom stereocenters. The summed E-state index contributed by atoms with van der Waals surface area (Å²) in [6.07, 6.45) is 4.61. The molecule has 1 aliphatic rings. The normalized spacial score (nSPS) is 19.0. The third-order valence-corrected chi connectivity index (χ3v) is 5.10. The molecular weight excluding hydrogens is 342 g/mol. The number of amides is 2. The molecular formula is C16H21N5O3S. The summed E-state index contributed by atoms with van der Waals surface area (Å²) < 4.78 is 4.88. The van der Waals surface area contributed by atoms with Crippen LogP contribution >= 0.6 is 11.8 Å². The molecule has 0 spiro atoms. The summed E-state index contributed by atoms with van der Waals surface area (Å²) in [5.41, 5.74) is 0.923. The maximum atomic E-state index is 12.6. The van der Waals surface area contributed by atoms with E-state index >= 15 is 0 Å². The molecule has 2 N–H and O–H groups in total. The number of ether oxygens (including phenoxy) is 1. The Morgan fingerprint density at radius 1 is 1.60 bits per heavy atom. The number of aromatic nitrogens is 2. The molecule has 0 aromatic carbocycles. The molecule has 2 heterocycles. The van der Waals surface area contributed by atoms with Gasteiger partial charge in [0.2, 0.25) is 5.91 Å². The molecule has 0 bridgehead atoms. The largest absolute Gasteiger partial charge is 0.383 e. The fourth-order valence-electron chi connectivity index (χ4n) is 2.46. The minimum atomic E-state index is -0.484. The Kier molecular flexibility index (Phi) is 7.03. The predicted molar refractivity (Wildman–Crippen MR) is 93.2 cm³/mol. The van der Waals surface area contributed by atoms with Gasteiger partial charge in [-0.15, -0.1) is 0 Å². The van der Waals surface area contributed by atoms with E-state index in [1.165, 1.54) is 23.8 Å². The molecule has 9 heteroatoms. The summed E-state index contributed by atoms with van der Waals surface area (Å²) in [6, 6.07) is 1.94. The van der Waals surface area contributed by atoms with Crippen molar-refractivity contribution in [3.8, 4) is 6.07 Å². The highest BCUT2D eigenvalue weighted by Gasteiger charge is 2.38. The topological polar surface area (TPSA) is 111 Å². The third-order valence-electron chi connectivity index (χ3n) is 3.73. The summed E-state index contributed by atoms with van der Waals surface area (Å²) in [6.45, 7) is 2.91. The summed E-state index contributed by atoms with van der Waals surface area (Å²) in [7, 11) is 1.53. The molecule has 0 radical (unpaired) electrons. The summed E-state index contributed by atoms with van der Waals surface area (Å²) >= 11 is 1.28. The van der Waals surface area contributed by atoms with E-state index in [1.54, 1.807) is 12.5 Å². The number of imidazole rings is 1. The average molecular weight is 363 g/mol. The standard InChI is InChI=1S/C16H21N5O3S/c1-3-21-15(23)13(5-4-11-9-18-10-20-11)25-16(21)12(8-17)14(22)19-6-7-24-2/h9-10,13H,3-7H2,1-2H3,(H,18,20)(H,19,22)/b16-12-. The van der Waals surface area contributed by atoms with Gasteiger partial charge in [0.05, 0.1) is 18.2 Å². The molecule has 2 rings (SSSR count). The first kappa shape index (κ1) is 19.0. The van der Waals surface area contributed by atoms with Gasteiger partial charge in [-0.05, 0) is 19.8 Å². The van der Waals surface area contributed by atoms with Gasteiger partial charge in [-0.2, -0.15) is 5.26 Å². The first-order valence-electron chi connectivity index (χ1n) is 7.99. The Bertz CT molecular complexity index is 680. The van der Waals surface area contributed by atoms with Gasteiger partial charge in [0, 0.05) is 32.1 Å². The minimum absolute atomic E-state index is 0.0275. The molecule has 1 fully saturated rings. The predicted octanol–water partition coefficient (Wildman–Crippen LogP) is 0.804. The van der Waals surface area contributed by atoms with E-state index in [4.69, 9.17) is 4.74 Å². The van der Waals surface area contributed by atoms with E-state index in [9.17, 15) is 14.9 Å². The number of aryl methyl sites for hydroxylation is 1. The fraction of sp³-hybridized carbons (Fsp3) is 0.500. The summed E-state index contributed by atoms with van der Waals surface area (Å²) in [4.78, 5) is 33.3. The number of carbonyl (C=O) groups excluding carboxylic acids is 2. The molecule has 1 aliphatic heterocycles. The van der Waals surface area contributed by atoms with E-state index in [0.29, 0.717) is 37.6 Å². The number of hydrogen-bond acceptors (Lipinski definition) is 6. The second kappa shape index (κ2) is 9.25. The Balaban J connectivity index is 2.12. The van der Waals surface area contributed by atoms with Crippen LogP contribution in [0.25, 0.3) is 0 Å². The average Bonchev–Trinajstić information content (AvgIpc) is 3.22. The number of thioether (sulfide) groups is 1. The zero-order valence-corrected chi connectivity index (χ0v) is 15.1. The molecule has 25 heavy (non-hydrogen) atoms. The smallest absolute Gasteiger partial charge is 0.264 e. The van der Waals surface area contributed by atoms with Crippen molar-refractivity contribution in [2.75, 3.05) is 26.8 Å². The van der Waals surface area contributed by atoms with Crippen molar-refractivity contribution >= 4 is 23.6 Å². The molecule has 2 amide bonds. The van der Waals surface area contributed by atoms with Crippen LogP contribution in [0.5, 0.6) is 0 Å². The first-order valence-corrected chi connectivity index (χ1v) is 8.87. The van der Waals surface area contributed by atoms with E-state index < -0.39 is 5.91 Å². The van der Waals surface area contributed by atoms with Crippen LogP contribution in [0, 0.1) is 11.3 Å². The van der Waals surface area contributed by atoms with E-state index in [2.05, 4.69) is 15.3 Å². The first-order chi connectivity index (χ1) is 12.1. The van der Waals surface area contributed by atoms with Crippen molar-refractivity contribution in [1.29, 1.82) is 5.26 Å². The second-order valence-electron chi connectivity index (χ2n) is 5.35. The summed E-state index contributed by atoms with van der Waals surface area (Å²) in [5.74, 6) is -0.554. The lowest BCUT2D eigenvalue weighted by Gasteiger charge is -2.15. The zero-order valence-electron chi connectivity index (χ0n) is 14.2. The Morgan fingerprint density at radius 2 is 2.40 bits per heavy atom. The van der Waals surface area contributed by atoms with E-state index in [1.807, 2.05) is 13.0 Å². The molecule has 0 saturated carbocycles. The van der Waals surface area contributed by atoms with Crippen LogP contribution < -0.4 is 5.32 Å². The SMILES string of the molecule is CCN1C(=O)C(CCc2cnc[nH]2)S/C1=C(/C#N)C(=O)NCCOC. The van der Waals surface area contributed by atoms with Crippen molar-refractivity contribution < 1.29 is 14.3 Å². The highest BCUT2D eigenvalue weighted by Crippen LogP contribution is 2.39. The minimum Gasteiger partial charge on any atom is -0.383 e. The molecule has 1 unspecified atom stereocenters. The van der Waals surface area contributed by atoms with E-state index in [0.717, 1.165) is 5.69 Å². The van der Waals surface area contributed by atoms with Gasteiger partial charge in [-0.25, -0.2) is 4.98 Å². The van der Waals surface area contributed by atoms with Gasteiger partial charge in [0.15, 0.2) is 0 Å². The molecule has 1 aromatic heterocycles. The molecule has 134 valence electrons. The van der Waals surface area contributed by atoms with Crippen molar-refractivity contribution in [3.05, 3.63) is 28.8 Å². The van der Waals surface area contributed by atoms with Crippen LogP contribution in [0.3, 0.4) is 0 Å². The molecule has 8 nitrogen and oxygen atoms in total. The van der Waals surface area contributed by atoms with Crippen molar-refractivity contribution in [2.45, 2.75) is 25.0 Å². The van der Waals surface area contributed by atoms with Gasteiger partial charge in [0.25, 0.3) is 5.91 Å². The number of carbonyl (C=O) groups is 2. The highest BCUT2D eigenvalue weighted by atomic mass is 32.2. The Labute approximate surface area is 150 Å². The third kappa shape index (κ3) is 4.61. The number of nitrogens with one attached hydrogen (secondary N) is 2.